The molecule has 3 heteroatoms. The van der Waals surface area contributed by atoms with Crippen molar-refractivity contribution >= 4 is 12.2 Å². The second-order valence-corrected chi connectivity index (χ2v) is 6.14. The number of benzene rings is 2. The molecule has 2 heterocycles. The fourth-order valence-electron chi connectivity index (χ4n) is 4.10. The number of nitrogens with zero attached hydrogens (tertiary/aromatic N) is 2. The third kappa shape index (κ3) is 1.36. The summed E-state index contributed by atoms with van der Waals surface area (Å²) in [5, 5.41) is 0. The molecule has 22 heavy (non-hydrogen) atoms. The Kier molecular flexibility index (Phi) is 2.37. The summed E-state index contributed by atoms with van der Waals surface area (Å²) in [6.07, 6.45) is 4.10. The van der Waals surface area contributed by atoms with Crippen molar-refractivity contribution in [3.63, 3.8) is 0 Å². The lowest BCUT2D eigenvalue weighted by Crippen LogP contribution is -2.38. The normalized spacial score (nSPS) is 20.4. The Morgan fingerprint density at radius 1 is 0.864 bits per heavy atom. The van der Waals surface area contributed by atoms with Gasteiger partial charge in [0.2, 0.25) is 0 Å². The van der Waals surface area contributed by atoms with Gasteiger partial charge in [0.25, 0.3) is 12.0 Å². The van der Waals surface area contributed by atoms with Crippen LogP contribution in [0.15, 0.2) is 53.5 Å². The number of hydrogen-bond donors (Lipinski definition) is 0. The first-order valence-corrected chi connectivity index (χ1v) is 7.93. The number of fused-ring (bicyclic) bond motifs is 5. The highest BCUT2D eigenvalue weighted by Gasteiger charge is 2.57. The fraction of sp³-hybridized carbons (Fsp3) is 0.263. The van der Waals surface area contributed by atoms with Crippen molar-refractivity contribution < 1.29 is 9.31 Å². The van der Waals surface area contributed by atoms with Gasteiger partial charge in [-0.15, -0.1) is 0 Å². The standard InChI is InChI=1S/C19H17N2O/c1-3-9-16-14(7-1)15-8-2-4-10-17(15)19(16)18(20-13-22-19)21-11-5-6-12-21/h1-4,7-10,13H,5-6,11-12H2/q+1. The van der Waals surface area contributed by atoms with Crippen LogP contribution in [0.3, 0.4) is 0 Å². The van der Waals surface area contributed by atoms with Crippen LogP contribution < -0.4 is 0 Å². The minimum absolute atomic E-state index is 0.544. The maximum absolute atomic E-state index is 6.21. The molecule has 0 atom stereocenters. The molecule has 1 fully saturated rings. The molecule has 0 N–H and O–H groups in total. The molecule has 2 aromatic rings. The molecule has 2 aliphatic heterocycles. The minimum Gasteiger partial charge on any atom is -0.435 e. The molecule has 0 amide bonds. The van der Waals surface area contributed by atoms with Gasteiger partial charge in [0.05, 0.1) is 13.1 Å². The van der Waals surface area contributed by atoms with Crippen molar-refractivity contribution in [1.82, 2.24) is 0 Å². The Balaban J connectivity index is 1.86. The highest BCUT2D eigenvalue weighted by atomic mass is 16.5. The van der Waals surface area contributed by atoms with E-state index < -0.39 is 5.60 Å². The molecule has 1 saturated heterocycles. The Labute approximate surface area is 129 Å². The lowest BCUT2D eigenvalue weighted by atomic mass is 9.90. The number of aliphatic imine (C=N–C) groups is 1. The largest absolute Gasteiger partial charge is 0.435 e. The SMILES string of the molecule is C1=NC(=[N+]2CCCC2)C2(O1)c1ccccc1-c1ccccc12. The zero-order valence-electron chi connectivity index (χ0n) is 12.3. The van der Waals surface area contributed by atoms with Crippen molar-refractivity contribution in [3.8, 4) is 11.1 Å². The van der Waals surface area contributed by atoms with Gasteiger partial charge in [-0.1, -0.05) is 48.5 Å². The second kappa shape index (κ2) is 4.29. The number of amidine groups is 1. The van der Waals surface area contributed by atoms with E-state index in [0.29, 0.717) is 0 Å². The van der Waals surface area contributed by atoms with Crippen LogP contribution in [-0.4, -0.2) is 29.9 Å². The zero-order chi connectivity index (χ0) is 14.6. The second-order valence-electron chi connectivity index (χ2n) is 6.14. The van der Waals surface area contributed by atoms with Crippen molar-refractivity contribution in [3.05, 3.63) is 59.7 Å². The average molecular weight is 289 g/mol. The third-order valence-electron chi connectivity index (χ3n) is 5.03. The van der Waals surface area contributed by atoms with E-state index in [9.17, 15) is 0 Å². The van der Waals surface area contributed by atoms with Gasteiger partial charge in [0, 0.05) is 11.1 Å². The van der Waals surface area contributed by atoms with Crippen LogP contribution in [0.25, 0.3) is 11.1 Å². The third-order valence-corrected chi connectivity index (χ3v) is 5.03. The van der Waals surface area contributed by atoms with Crippen LogP contribution in [0, 0.1) is 0 Å². The first-order valence-electron chi connectivity index (χ1n) is 7.93. The highest BCUT2D eigenvalue weighted by molar-refractivity contribution is 6.05. The van der Waals surface area contributed by atoms with Crippen LogP contribution in [-0.2, 0) is 10.3 Å². The van der Waals surface area contributed by atoms with E-state index in [1.807, 2.05) is 0 Å². The molecule has 0 aromatic heterocycles. The summed E-state index contributed by atoms with van der Waals surface area (Å²) >= 11 is 0. The molecule has 0 bridgehead atoms. The Morgan fingerprint density at radius 2 is 1.45 bits per heavy atom. The molecular weight excluding hydrogens is 272 g/mol. The summed E-state index contributed by atoms with van der Waals surface area (Å²) in [6.45, 7) is 2.14. The molecule has 0 radical (unpaired) electrons. The van der Waals surface area contributed by atoms with Crippen molar-refractivity contribution in [2.75, 3.05) is 13.1 Å². The monoisotopic (exact) mass is 289 g/mol. The van der Waals surface area contributed by atoms with Gasteiger partial charge in [-0.25, -0.2) is 0 Å². The van der Waals surface area contributed by atoms with Crippen molar-refractivity contribution in [2.45, 2.75) is 18.4 Å². The summed E-state index contributed by atoms with van der Waals surface area (Å²) in [7, 11) is 0. The van der Waals surface area contributed by atoms with E-state index in [0.717, 1.165) is 18.9 Å². The summed E-state index contributed by atoms with van der Waals surface area (Å²) < 4.78 is 8.60. The predicted octanol–water partition coefficient (Wildman–Crippen LogP) is 3.17. The van der Waals surface area contributed by atoms with E-state index >= 15 is 0 Å². The molecule has 2 aromatic carbocycles. The van der Waals surface area contributed by atoms with Crippen LogP contribution in [0.4, 0.5) is 0 Å². The molecule has 3 nitrogen and oxygen atoms in total. The van der Waals surface area contributed by atoms with Crippen molar-refractivity contribution in [1.29, 1.82) is 0 Å². The number of rotatable bonds is 0. The molecule has 5 rings (SSSR count). The van der Waals surface area contributed by atoms with Crippen LogP contribution in [0.5, 0.6) is 0 Å². The van der Waals surface area contributed by atoms with E-state index in [2.05, 4.69) is 58.1 Å². The van der Waals surface area contributed by atoms with Crippen LogP contribution in [0.2, 0.25) is 0 Å². The van der Waals surface area contributed by atoms with Gasteiger partial charge < -0.3 is 4.74 Å². The maximum atomic E-state index is 6.21. The Bertz CT molecular complexity index is 781. The summed E-state index contributed by atoms with van der Waals surface area (Å²) in [4.78, 5) is 4.65. The molecule has 3 aliphatic rings. The van der Waals surface area contributed by atoms with Crippen molar-refractivity contribution in [2.24, 2.45) is 4.99 Å². The number of ether oxygens (including phenoxy) is 1. The topological polar surface area (TPSA) is 24.6 Å². The quantitative estimate of drug-likeness (QED) is 0.684. The minimum atomic E-state index is -0.544. The first-order chi connectivity index (χ1) is 10.9. The van der Waals surface area contributed by atoms with E-state index in [-0.39, 0.29) is 0 Å². The summed E-state index contributed by atoms with van der Waals surface area (Å²) in [5.74, 6) is 1.06. The highest BCUT2D eigenvalue weighted by Crippen LogP contribution is 2.51. The maximum Gasteiger partial charge on any atom is 0.351 e. The number of hydrogen-bond acceptors (Lipinski definition) is 1. The van der Waals surface area contributed by atoms with E-state index in [1.54, 1.807) is 6.40 Å². The average Bonchev–Trinajstić information content (AvgIpc) is 3.29. The van der Waals surface area contributed by atoms with E-state index in [4.69, 9.17) is 4.74 Å². The molecular formula is C19H17N2O+. The van der Waals surface area contributed by atoms with Crippen LogP contribution in [0.1, 0.15) is 24.0 Å². The van der Waals surface area contributed by atoms with Gasteiger partial charge >= 0.3 is 5.84 Å². The fourth-order valence-corrected chi connectivity index (χ4v) is 4.10. The van der Waals surface area contributed by atoms with Gasteiger partial charge in [0.15, 0.2) is 0 Å². The zero-order valence-corrected chi connectivity index (χ0v) is 12.3. The molecule has 1 spiro atoms. The summed E-state index contributed by atoms with van der Waals surface area (Å²) in [5.41, 5.74) is 4.42. The molecule has 1 aliphatic carbocycles. The van der Waals surface area contributed by atoms with Gasteiger partial charge in [-0.2, -0.15) is 0 Å². The summed E-state index contributed by atoms with van der Waals surface area (Å²) in [6, 6.07) is 17.1. The lowest BCUT2D eigenvalue weighted by molar-refractivity contribution is -0.510. The van der Waals surface area contributed by atoms with Gasteiger partial charge in [-0.05, 0) is 29.0 Å². The first kappa shape index (κ1) is 12.2. The van der Waals surface area contributed by atoms with Gasteiger partial charge in [-0.3, -0.25) is 4.58 Å². The molecule has 0 unspecified atom stereocenters. The lowest BCUT2D eigenvalue weighted by Gasteiger charge is -2.22. The molecule has 108 valence electrons. The van der Waals surface area contributed by atoms with E-state index in [1.165, 1.54) is 35.1 Å². The smallest absolute Gasteiger partial charge is 0.351 e. The predicted molar refractivity (Wildman–Crippen MR) is 86.5 cm³/mol. The Morgan fingerprint density at radius 3 is 2.09 bits per heavy atom. The van der Waals surface area contributed by atoms with Gasteiger partial charge in [0.1, 0.15) is 0 Å². The van der Waals surface area contributed by atoms with Crippen LogP contribution >= 0.6 is 0 Å². The molecule has 0 saturated carbocycles. The Hall–Kier alpha value is -2.42.